The maximum atomic E-state index is 11.9. The van der Waals surface area contributed by atoms with E-state index in [9.17, 15) is 13.2 Å². The number of rotatable bonds is 5. The lowest BCUT2D eigenvalue weighted by molar-refractivity contribution is -0.127. The summed E-state index contributed by atoms with van der Waals surface area (Å²) < 4.78 is 22.5. The van der Waals surface area contributed by atoms with Crippen LogP contribution >= 0.6 is 0 Å². The van der Waals surface area contributed by atoms with Crippen LogP contribution in [-0.4, -0.2) is 44.3 Å². The molecule has 1 unspecified atom stereocenters. The maximum absolute atomic E-state index is 11.9. The molecule has 0 aliphatic carbocycles. The van der Waals surface area contributed by atoms with Gasteiger partial charge >= 0.3 is 0 Å². The summed E-state index contributed by atoms with van der Waals surface area (Å²) in [6.07, 6.45) is 1.93. The first kappa shape index (κ1) is 15.0. The van der Waals surface area contributed by atoms with Gasteiger partial charge in [-0.1, -0.05) is 31.2 Å². The van der Waals surface area contributed by atoms with Gasteiger partial charge in [0.2, 0.25) is 5.91 Å². The van der Waals surface area contributed by atoms with Crippen LogP contribution in [0.2, 0.25) is 0 Å². The molecule has 5 nitrogen and oxygen atoms in total. The van der Waals surface area contributed by atoms with Crippen molar-refractivity contribution in [1.82, 2.24) is 10.2 Å². The number of sulfone groups is 1. The lowest BCUT2D eigenvalue weighted by Crippen LogP contribution is -2.34. The number of hydrogen-bond donors (Lipinski definition) is 1. The molecular weight excluding hydrogens is 276 g/mol. The Hall–Kier alpha value is -1.40. The van der Waals surface area contributed by atoms with Gasteiger partial charge in [-0.3, -0.25) is 10.1 Å². The van der Waals surface area contributed by atoms with Crippen molar-refractivity contribution in [3.8, 4) is 0 Å². The first-order chi connectivity index (χ1) is 9.40. The number of carbonyl (C=O) groups is 1. The van der Waals surface area contributed by atoms with Gasteiger partial charge in [0.15, 0.2) is 0 Å². The molecule has 1 saturated heterocycles. The molecule has 0 radical (unpaired) electrons. The van der Waals surface area contributed by atoms with Crippen molar-refractivity contribution in [1.29, 1.82) is 0 Å². The number of amides is 1. The fourth-order valence-electron chi connectivity index (χ4n) is 2.29. The highest BCUT2D eigenvalue weighted by atomic mass is 32.2. The van der Waals surface area contributed by atoms with Crippen LogP contribution in [0.15, 0.2) is 24.3 Å². The summed E-state index contributed by atoms with van der Waals surface area (Å²) in [5.74, 6) is -0.0672. The molecule has 1 aliphatic heterocycles. The Kier molecular flexibility index (Phi) is 4.45. The summed E-state index contributed by atoms with van der Waals surface area (Å²) in [6, 6.07) is 8.05. The van der Waals surface area contributed by atoms with Gasteiger partial charge in [-0.15, -0.1) is 0 Å². The predicted molar refractivity (Wildman–Crippen MR) is 78.0 cm³/mol. The van der Waals surface area contributed by atoms with Gasteiger partial charge in [-0.2, -0.15) is 0 Å². The van der Waals surface area contributed by atoms with E-state index in [0.717, 1.165) is 12.0 Å². The highest BCUT2D eigenvalue weighted by Crippen LogP contribution is 2.22. The average Bonchev–Trinajstić information content (AvgIpc) is 2.77. The topological polar surface area (TPSA) is 66.5 Å². The average molecular weight is 296 g/mol. The van der Waals surface area contributed by atoms with Gasteiger partial charge in [-0.05, 0) is 17.5 Å². The van der Waals surface area contributed by atoms with Crippen molar-refractivity contribution in [3.05, 3.63) is 35.4 Å². The van der Waals surface area contributed by atoms with Crippen LogP contribution in [-0.2, 0) is 21.1 Å². The Morgan fingerprint density at radius 1 is 1.30 bits per heavy atom. The van der Waals surface area contributed by atoms with Gasteiger partial charge in [0.1, 0.15) is 16.0 Å². The summed E-state index contributed by atoms with van der Waals surface area (Å²) in [6.45, 7) is 2.57. The third kappa shape index (κ3) is 3.58. The molecule has 1 aromatic rings. The van der Waals surface area contributed by atoms with Crippen molar-refractivity contribution in [2.45, 2.75) is 19.5 Å². The Morgan fingerprint density at radius 3 is 2.50 bits per heavy atom. The molecule has 1 fully saturated rings. The zero-order valence-corrected chi connectivity index (χ0v) is 12.6. The lowest BCUT2D eigenvalue weighted by Gasteiger charge is -2.24. The van der Waals surface area contributed by atoms with E-state index in [-0.39, 0.29) is 30.9 Å². The second kappa shape index (κ2) is 5.93. The van der Waals surface area contributed by atoms with Crippen LogP contribution in [0.25, 0.3) is 0 Å². The molecule has 0 aromatic heterocycles. The van der Waals surface area contributed by atoms with Crippen LogP contribution in [0, 0.1) is 0 Å². The number of nitrogens with one attached hydrogen (secondary N) is 1. The van der Waals surface area contributed by atoms with Gasteiger partial charge < -0.3 is 4.90 Å². The van der Waals surface area contributed by atoms with E-state index in [4.69, 9.17) is 0 Å². The smallest absolute Gasteiger partial charge is 0.238 e. The van der Waals surface area contributed by atoms with Crippen molar-refractivity contribution in [3.63, 3.8) is 0 Å². The number of hydrogen-bond acceptors (Lipinski definition) is 4. The Bertz CT molecular complexity index is 581. The van der Waals surface area contributed by atoms with Crippen molar-refractivity contribution in [2.24, 2.45) is 0 Å². The van der Waals surface area contributed by atoms with Gasteiger partial charge in [0.05, 0.1) is 12.3 Å². The molecule has 110 valence electrons. The molecule has 1 aromatic carbocycles. The fraction of sp³-hybridized carbons (Fsp3) is 0.500. The largest absolute Gasteiger partial charge is 0.321 e. The fourth-order valence-corrected chi connectivity index (χ4v) is 2.82. The molecule has 0 bridgehead atoms. The lowest BCUT2D eigenvalue weighted by atomic mass is 10.1. The van der Waals surface area contributed by atoms with Gasteiger partial charge in [-0.25, -0.2) is 8.42 Å². The SMILES string of the molecule is CCc1ccc(C2NCC(=O)N2CCS(C)(=O)=O)cc1. The Labute approximate surface area is 119 Å². The number of aryl methyl sites for hydroxylation is 1. The molecule has 20 heavy (non-hydrogen) atoms. The van der Waals surface area contributed by atoms with E-state index >= 15 is 0 Å². The third-order valence-corrected chi connectivity index (χ3v) is 4.41. The van der Waals surface area contributed by atoms with Gasteiger partial charge in [0.25, 0.3) is 0 Å². The van der Waals surface area contributed by atoms with Crippen molar-refractivity contribution < 1.29 is 13.2 Å². The van der Waals surface area contributed by atoms with E-state index in [1.54, 1.807) is 4.90 Å². The molecule has 1 atom stereocenters. The Morgan fingerprint density at radius 2 is 1.95 bits per heavy atom. The van der Waals surface area contributed by atoms with Crippen LogP contribution in [0.4, 0.5) is 0 Å². The van der Waals surface area contributed by atoms with Crippen molar-refractivity contribution >= 4 is 15.7 Å². The summed E-state index contributed by atoms with van der Waals surface area (Å²) in [5, 5.41) is 3.13. The highest BCUT2D eigenvalue weighted by molar-refractivity contribution is 7.90. The standard InChI is InChI=1S/C14H20N2O3S/c1-3-11-4-6-12(7-5-11)14-15-10-13(17)16(14)8-9-20(2,18)19/h4-7,14-15H,3,8-10H2,1-2H3. The highest BCUT2D eigenvalue weighted by Gasteiger charge is 2.31. The molecule has 6 heteroatoms. The second-order valence-electron chi connectivity index (χ2n) is 5.10. The number of carbonyl (C=O) groups excluding carboxylic acids is 1. The molecule has 1 aliphatic rings. The normalized spacial score (nSPS) is 19.6. The quantitative estimate of drug-likeness (QED) is 0.869. The second-order valence-corrected chi connectivity index (χ2v) is 7.36. The number of benzene rings is 1. The van der Waals surface area contributed by atoms with E-state index in [2.05, 4.69) is 12.2 Å². The van der Waals surface area contributed by atoms with E-state index in [1.165, 1.54) is 11.8 Å². The zero-order chi connectivity index (χ0) is 14.8. The van der Waals surface area contributed by atoms with Crippen molar-refractivity contribution in [2.75, 3.05) is 25.1 Å². The first-order valence-electron chi connectivity index (χ1n) is 6.70. The molecule has 1 heterocycles. The maximum Gasteiger partial charge on any atom is 0.238 e. The van der Waals surface area contributed by atoms with E-state index in [0.29, 0.717) is 0 Å². The zero-order valence-electron chi connectivity index (χ0n) is 11.8. The van der Waals surface area contributed by atoms with Crippen LogP contribution in [0.1, 0.15) is 24.2 Å². The molecule has 1 amide bonds. The monoisotopic (exact) mass is 296 g/mol. The van der Waals surface area contributed by atoms with Crippen LogP contribution in [0.5, 0.6) is 0 Å². The van der Waals surface area contributed by atoms with Crippen LogP contribution in [0.3, 0.4) is 0 Å². The molecular formula is C14H20N2O3S. The first-order valence-corrected chi connectivity index (χ1v) is 8.76. The predicted octanol–water partition coefficient (Wildman–Crippen LogP) is 0.724. The molecule has 2 rings (SSSR count). The summed E-state index contributed by atoms with van der Waals surface area (Å²) in [7, 11) is -3.07. The minimum absolute atomic E-state index is 0.00996. The van der Waals surface area contributed by atoms with E-state index < -0.39 is 9.84 Å². The molecule has 0 spiro atoms. The number of nitrogens with zero attached hydrogens (tertiary/aromatic N) is 1. The summed E-state index contributed by atoms with van der Waals surface area (Å²) in [5.41, 5.74) is 2.22. The van der Waals surface area contributed by atoms with E-state index in [1.807, 2.05) is 24.3 Å². The minimum Gasteiger partial charge on any atom is -0.321 e. The Balaban J connectivity index is 2.14. The summed E-state index contributed by atoms with van der Waals surface area (Å²) >= 11 is 0. The summed E-state index contributed by atoms with van der Waals surface area (Å²) in [4.78, 5) is 13.5. The van der Waals surface area contributed by atoms with Gasteiger partial charge in [0, 0.05) is 12.8 Å². The molecule has 1 N–H and O–H groups in total. The minimum atomic E-state index is -3.07. The third-order valence-electron chi connectivity index (χ3n) is 3.49. The van der Waals surface area contributed by atoms with Crippen LogP contribution < -0.4 is 5.32 Å². The molecule has 0 saturated carbocycles.